The number of rotatable bonds is 3. The van der Waals surface area contributed by atoms with Crippen LogP contribution in [0.1, 0.15) is 29.7 Å². The van der Waals surface area contributed by atoms with E-state index in [1.54, 1.807) is 0 Å². The number of hydrogen-bond donors (Lipinski definition) is 3. The number of H-pyrrole nitrogens is 2. The average molecular weight is 290 g/mol. The van der Waals surface area contributed by atoms with Crippen molar-refractivity contribution in [3.63, 3.8) is 0 Å². The van der Waals surface area contributed by atoms with Crippen LogP contribution in [0.15, 0.2) is 54.9 Å². The van der Waals surface area contributed by atoms with Crippen molar-refractivity contribution in [2.24, 2.45) is 0 Å². The Balaban J connectivity index is 1.88. The Kier molecular flexibility index (Phi) is 3.01. The second-order valence-electron chi connectivity index (χ2n) is 5.63. The van der Waals surface area contributed by atoms with Crippen LogP contribution < -0.4 is 0 Å². The van der Waals surface area contributed by atoms with Gasteiger partial charge in [0, 0.05) is 45.3 Å². The third-order valence-electron chi connectivity index (χ3n) is 4.43. The zero-order valence-corrected chi connectivity index (χ0v) is 12.4. The van der Waals surface area contributed by atoms with Gasteiger partial charge in [0.15, 0.2) is 0 Å². The average Bonchev–Trinajstić information content (AvgIpc) is 3.18. The molecule has 3 nitrogen and oxygen atoms in total. The third-order valence-corrected chi connectivity index (χ3v) is 4.43. The standard InChI is InChI=1S/C19H18N2O/c1-2-12-6-5-8-14-16(11-21-18(12)14)19(22)15-10-20-17-9-4-3-7-13(15)17/h3-11,19-22H,2H2,1H3. The van der Waals surface area contributed by atoms with Gasteiger partial charge in [-0.1, -0.05) is 43.3 Å². The Morgan fingerprint density at radius 2 is 1.64 bits per heavy atom. The molecule has 0 radical (unpaired) electrons. The summed E-state index contributed by atoms with van der Waals surface area (Å²) in [6, 6.07) is 14.3. The van der Waals surface area contributed by atoms with Crippen molar-refractivity contribution in [2.45, 2.75) is 19.4 Å². The number of aryl methyl sites for hydroxylation is 1. The topological polar surface area (TPSA) is 51.8 Å². The monoisotopic (exact) mass is 290 g/mol. The van der Waals surface area contributed by atoms with Gasteiger partial charge in [0.05, 0.1) is 0 Å². The Morgan fingerprint density at radius 3 is 2.50 bits per heavy atom. The van der Waals surface area contributed by atoms with E-state index >= 15 is 0 Å². The maximum absolute atomic E-state index is 10.9. The summed E-state index contributed by atoms with van der Waals surface area (Å²) in [5.74, 6) is 0. The van der Waals surface area contributed by atoms with Crippen molar-refractivity contribution in [3.8, 4) is 0 Å². The quantitative estimate of drug-likeness (QED) is 0.518. The van der Waals surface area contributed by atoms with Crippen LogP contribution in [0.3, 0.4) is 0 Å². The van der Waals surface area contributed by atoms with Crippen LogP contribution in [0.2, 0.25) is 0 Å². The molecule has 0 spiro atoms. The van der Waals surface area contributed by atoms with Gasteiger partial charge in [-0.05, 0) is 18.1 Å². The normalized spacial score (nSPS) is 13.0. The summed E-state index contributed by atoms with van der Waals surface area (Å²) in [6.07, 6.45) is 4.16. The maximum Gasteiger partial charge on any atom is 0.108 e. The summed E-state index contributed by atoms with van der Waals surface area (Å²) < 4.78 is 0. The van der Waals surface area contributed by atoms with Crippen LogP contribution in [0.25, 0.3) is 21.8 Å². The van der Waals surface area contributed by atoms with Gasteiger partial charge in [-0.3, -0.25) is 0 Å². The SMILES string of the molecule is CCc1cccc2c(C(O)c3c[nH]c4ccccc34)c[nH]c12. The zero-order valence-electron chi connectivity index (χ0n) is 12.4. The van der Waals surface area contributed by atoms with Crippen LogP contribution in [0, 0.1) is 0 Å². The summed E-state index contributed by atoms with van der Waals surface area (Å²) in [5, 5.41) is 13.0. The Labute approximate surface area is 128 Å². The highest BCUT2D eigenvalue weighted by atomic mass is 16.3. The minimum atomic E-state index is -0.642. The molecule has 0 saturated heterocycles. The van der Waals surface area contributed by atoms with Crippen LogP contribution in [-0.4, -0.2) is 15.1 Å². The molecule has 0 saturated carbocycles. The summed E-state index contributed by atoms with van der Waals surface area (Å²) >= 11 is 0. The fourth-order valence-electron chi connectivity index (χ4n) is 3.25. The minimum absolute atomic E-state index is 0.642. The van der Waals surface area contributed by atoms with Crippen LogP contribution in [0.4, 0.5) is 0 Å². The largest absolute Gasteiger partial charge is 0.383 e. The summed E-state index contributed by atoms with van der Waals surface area (Å²) in [7, 11) is 0. The highest BCUT2D eigenvalue weighted by Crippen LogP contribution is 2.33. The Bertz CT molecular complexity index is 948. The molecule has 2 aromatic heterocycles. The molecule has 1 atom stereocenters. The van der Waals surface area contributed by atoms with Crippen molar-refractivity contribution in [1.29, 1.82) is 0 Å². The first kappa shape index (κ1) is 13.2. The molecule has 0 aliphatic heterocycles. The van der Waals surface area contributed by atoms with E-state index in [2.05, 4.69) is 35.1 Å². The van der Waals surface area contributed by atoms with Gasteiger partial charge in [0.1, 0.15) is 6.10 Å². The van der Waals surface area contributed by atoms with Crippen LogP contribution >= 0.6 is 0 Å². The maximum atomic E-state index is 10.9. The van der Waals surface area contributed by atoms with E-state index in [0.717, 1.165) is 39.4 Å². The molecule has 2 heterocycles. The number of fused-ring (bicyclic) bond motifs is 2. The first-order valence-electron chi connectivity index (χ1n) is 7.62. The van der Waals surface area contributed by atoms with E-state index < -0.39 is 6.10 Å². The number of aromatic nitrogens is 2. The smallest absolute Gasteiger partial charge is 0.108 e. The predicted octanol–water partition coefficient (Wildman–Crippen LogP) is 4.29. The van der Waals surface area contributed by atoms with Gasteiger partial charge in [-0.15, -0.1) is 0 Å². The molecule has 22 heavy (non-hydrogen) atoms. The van der Waals surface area contributed by atoms with E-state index in [1.165, 1.54) is 5.56 Å². The van der Waals surface area contributed by atoms with Crippen molar-refractivity contribution in [3.05, 3.63) is 71.5 Å². The lowest BCUT2D eigenvalue weighted by Gasteiger charge is -2.09. The Morgan fingerprint density at radius 1 is 0.909 bits per heavy atom. The van der Waals surface area contributed by atoms with Gasteiger partial charge >= 0.3 is 0 Å². The van der Waals surface area contributed by atoms with E-state index in [9.17, 15) is 5.11 Å². The number of aliphatic hydroxyl groups excluding tert-OH is 1. The molecule has 110 valence electrons. The van der Waals surface area contributed by atoms with E-state index in [-0.39, 0.29) is 0 Å². The molecule has 3 N–H and O–H groups in total. The minimum Gasteiger partial charge on any atom is -0.383 e. The molecule has 1 unspecified atom stereocenters. The van der Waals surface area contributed by atoms with Gasteiger partial charge in [-0.2, -0.15) is 0 Å². The first-order chi connectivity index (χ1) is 10.8. The molecular formula is C19H18N2O. The van der Waals surface area contributed by atoms with E-state index in [1.807, 2.05) is 36.7 Å². The molecule has 0 aliphatic carbocycles. The molecule has 0 aliphatic rings. The molecule has 3 heteroatoms. The number of para-hydroxylation sites is 2. The molecule has 0 amide bonds. The number of benzene rings is 2. The van der Waals surface area contributed by atoms with Crippen LogP contribution in [-0.2, 0) is 6.42 Å². The summed E-state index contributed by atoms with van der Waals surface area (Å²) in [5.41, 5.74) is 5.29. The van der Waals surface area contributed by atoms with E-state index in [4.69, 9.17) is 0 Å². The van der Waals surface area contributed by atoms with Crippen molar-refractivity contribution in [1.82, 2.24) is 9.97 Å². The van der Waals surface area contributed by atoms with Gasteiger partial charge < -0.3 is 15.1 Å². The Hall–Kier alpha value is -2.52. The number of aromatic amines is 2. The molecule has 0 fully saturated rings. The zero-order chi connectivity index (χ0) is 15.1. The van der Waals surface area contributed by atoms with E-state index in [0.29, 0.717) is 0 Å². The lowest BCUT2D eigenvalue weighted by Crippen LogP contribution is -1.97. The van der Waals surface area contributed by atoms with Crippen molar-refractivity contribution < 1.29 is 5.11 Å². The van der Waals surface area contributed by atoms with Gasteiger partial charge in [0.2, 0.25) is 0 Å². The van der Waals surface area contributed by atoms with Gasteiger partial charge in [0.25, 0.3) is 0 Å². The molecule has 0 bridgehead atoms. The molecule has 4 rings (SSSR count). The highest BCUT2D eigenvalue weighted by molar-refractivity contribution is 5.89. The van der Waals surface area contributed by atoms with Crippen molar-refractivity contribution >= 4 is 21.8 Å². The lowest BCUT2D eigenvalue weighted by molar-refractivity contribution is 0.223. The fourth-order valence-corrected chi connectivity index (χ4v) is 3.25. The highest BCUT2D eigenvalue weighted by Gasteiger charge is 2.19. The fraction of sp³-hybridized carbons (Fsp3) is 0.158. The second kappa shape index (κ2) is 5.04. The lowest BCUT2D eigenvalue weighted by atomic mass is 9.99. The predicted molar refractivity (Wildman–Crippen MR) is 90.0 cm³/mol. The van der Waals surface area contributed by atoms with Gasteiger partial charge in [-0.25, -0.2) is 0 Å². The number of aliphatic hydroxyl groups is 1. The molecular weight excluding hydrogens is 272 g/mol. The summed E-state index contributed by atoms with van der Waals surface area (Å²) in [6.45, 7) is 2.14. The van der Waals surface area contributed by atoms with Crippen molar-refractivity contribution in [2.75, 3.05) is 0 Å². The molecule has 2 aromatic carbocycles. The van der Waals surface area contributed by atoms with Crippen LogP contribution in [0.5, 0.6) is 0 Å². The summed E-state index contributed by atoms with van der Waals surface area (Å²) in [4.78, 5) is 6.56. The third kappa shape index (κ3) is 1.86. The number of hydrogen-bond acceptors (Lipinski definition) is 1. The number of nitrogens with one attached hydrogen (secondary N) is 2. The first-order valence-corrected chi connectivity index (χ1v) is 7.62. The second-order valence-corrected chi connectivity index (χ2v) is 5.63. The molecule has 4 aromatic rings.